The van der Waals surface area contributed by atoms with Crippen molar-refractivity contribution in [2.24, 2.45) is 23.2 Å². The number of urea groups is 2. The highest BCUT2D eigenvalue weighted by molar-refractivity contribution is 5.81. The molecule has 0 fully saturated rings. The monoisotopic (exact) mass is 318 g/mol. The number of nitrogens with zero attached hydrogens (tertiary/aromatic N) is 2. The van der Waals surface area contributed by atoms with Crippen molar-refractivity contribution in [2.75, 3.05) is 6.54 Å². The van der Waals surface area contributed by atoms with E-state index in [9.17, 15) is 14.4 Å². The minimum absolute atomic E-state index is 0.257. The average molecular weight is 318 g/mol. The van der Waals surface area contributed by atoms with Gasteiger partial charge in [0.15, 0.2) is 0 Å². The minimum atomic E-state index is -1.17. The molecule has 0 saturated carbocycles. The molecule has 1 unspecified atom stereocenters. The average Bonchev–Trinajstić information content (AvgIpc) is 2.43. The molecule has 0 aliphatic heterocycles. The van der Waals surface area contributed by atoms with Crippen LogP contribution in [0.2, 0.25) is 0 Å². The van der Waals surface area contributed by atoms with Crippen LogP contribution >= 0.6 is 0 Å². The van der Waals surface area contributed by atoms with Gasteiger partial charge in [-0.15, -0.1) is 0 Å². The Kier molecular flexibility index (Phi) is 9.63. The molecule has 1 atom stereocenters. The summed E-state index contributed by atoms with van der Waals surface area (Å²) in [6.07, 6.45) is 5.21. The number of primary amides is 2. The Morgan fingerprint density at radius 1 is 0.864 bits per heavy atom. The lowest BCUT2D eigenvalue weighted by Crippen LogP contribution is -2.52. The van der Waals surface area contributed by atoms with Crippen LogP contribution in [0.1, 0.15) is 44.9 Å². The van der Waals surface area contributed by atoms with E-state index in [2.05, 4.69) is 0 Å². The number of hydrogen-bond acceptors (Lipinski definition) is 5. The van der Waals surface area contributed by atoms with Crippen LogP contribution < -0.4 is 23.2 Å². The fourth-order valence-corrected chi connectivity index (χ4v) is 1.97. The Morgan fingerprint density at radius 3 is 1.82 bits per heavy atom. The number of hydrogen-bond donors (Lipinski definition) is 5. The van der Waals surface area contributed by atoms with Crippen molar-refractivity contribution in [1.29, 1.82) is 0 Å². The van der Waals surface area contributed by atoms with Crippen LogP contribution in [0, 0.1) is 0 Å². The first kappa shape index (κ1) is 19.9. The molecule has 4 amide bonds. The molecule has 0 saturated heterocycles. The van der Waals surface area contributed by atoms with E-state index in [1.54, 1.807) is 0 Å². The van der Waals surface area contributed by atoms with Gasteiger partial charge in [-0.2, -0.15) is 0 Å². The van der Waals surface area contributed by atoms with Gasteiger partial charge in [0.05, 0.1) is 0 Å². The number of carbonyl (C=O) groups is 3. The maximum atomic E-state index is 11.0. The molecule has 22 heavy (non-hydrogen) atoms. The summed E-state index contributed by atoms with van der Waals surface area (Å²) in [7, 11) is 0. The number of carbonyl (C=O) groups excluding carboxylic acids is 2. The van der Waals surface area contributed by atoms with Gasteiger partial charge in [-0.25, -0.2) is 31.1 Å². The molecule has 0 aromatic heterocycles. The number of hydrazine groups is 2. The molecule has 0 aliphatic carbocycles. The van der Waals surface area contributed by atoms with E-state index < -0.39 is 24.1 Å². The maximum Gasteiger partial charge on any atom is 0.329 e. The summed E-state index contributed by atoms with van der Waals surface area (Å²) >= 11 is 0. The summed E-state index contributed by atoms with van der Waals surface area (Å²) in [6, 6.07) is -2.72. The Hall–Kier alpha value is -2.07. The second kappa shape index (κ2) is 10.6. The zero-order valence-electron chi connectivity index (χ0n) is 12.6. The maximum absolute atomic E-state index is 11.0. The third-order valence-electron chi connectivity index (χ3n) is 3.28. The third kappa shape index (κ3) is 8.27. The van der Waals surface area contributed by atoms with Crippen LogP contribution in [0.25, 0.3) is 0 Å². The van der Waals surface area contributed by atoms with Crippen molar-refractivity contribution in [3.63, 3.8) is 0 Å². The van der Waals surface area contributed by atoms with Gasteiger partial charge < -0.3 is 16.6 Å². The summed E-state index contributed by atoms with van der Waals surface area (Å²) in [5.41, 5.74) is 9.94. The van der Waals surface area contributed by atoms with Gasteiger partial charge in [-0.05, 0) is 12.8 Å². The van der Waals surface area contributed by atoms with Crippen LogP contribution in [-0.4, -0.2) is 45.7 Å². The molecule has 0 aromatic carbocycles. The van der Waals surface area contributed by atoms with Gasteiger partial charge in [-0.1, -0.05) is 32.1 Å². The molecular formula is C12H26N6O4. The fourth-order valence-electron chi connectivity index (χ4n) is 1.97. The molecule has 10 heteroatoms. The molecule has 0 rings (SSSR count). The number of nitrogens with two attached hydrogens (primary N) is 4. The predicted octanol–water partition coefficient (Wildman–Crippen LogP) is -0.321. The topological polar surface area (TPSA) is 182 Å². The summed E-state index contributed by atoms with van der Waals surface area (Å²) < 4.78 is 0. The van der Waals surface area contributed by atoms with Crippen LogP contribution in [0.15, 0.2) is 0 Å². The van der Waals surface area contributed by atoms with Gasteiger partial charge in [0.1, 0.15) is 6.04 Å². The quantitative estimate of drug-likeness (QED) is 0.150. The highest BCUT2D eigenvalue weighted by atomic mass is 16.4. The number of carboxylic acids is 1. The van der Waals surface area contributed by atoms with Crippen molar-refractivity contribution in [1.82, 2.24) is 10.0 Å². The molecule has 0 aliphatic rings. The summed E-state index contributed by atoms with van der Waals surface area (Å²) in [5, 5.41) is 10.5. The Labute approximate surface area is 129 Å². The Balaban J connectivity index is 3.73. The minimum Gasteiger partial charge on any atom is -0.480 e. The van der Waals surface area contributed by atoms with E-state index in [0.717, 1.165) is 37.1 Å². The molecular weight excluding hydrogens is 292 g/mol. The molecule has 10 nitrogen and oxygen atoms in total. The summed E-state index contributed by atoms with van der Waals surface area (Å²) in [6.45, 7) is 0.414. The number of aliphatic carboxylic acids is 1. The molecule has 9 N–H and O–H groups in total. The summed E-state index contributed by atoms with van der Waals surface area (Å²) in [4.78, 5) is 32.5. The zero-order chi connectivity index (χ0) is 17.1. The first-order chi connectivity index (χ1) is 10.3. The fraction of sp³-hybridized carbons (Fsp3) is 0.750. The second-order valence-electron chi connectivity index (χ2n) is 5.04. The van der Waals surface area contributed by atoms with E-state index in [1.807, 2.05) is 0 Å². The normalized spacial score (nSPS) is 11.7. The van der Waals surface area contributed by atoms with Crippen molar-refractivity contribution >= 4 is 18.0 Å². The van der Waals surface area contributed by atoms with E-state index in [-0.39, 0.29) is 6.42 Å². The first-order valence-electron chi connectivity index (χ1n) is 7.15. The van der Waals surface area contributed by atoms with Gasteiger partial charge >= 0.3 is 18.0 Å². The van der Waals surface area contributed by atoms with Crippen molar-refractivity contribution < 1.29 is 19.5 Å². The van der Waals surface area contributed by atoms with E-state index >= 15 is 0 Å². The Bertz CT molecular complexity index is 379. The largest absolute Gasteiger partial charge is 0.480 e. The number of carboxylic acid groups (broad SMARTS) is 1. The number of amides is 4. The van der Waals surface area contributed by atoms with Gasteiger partial charge in [-0.3, -0.25) is 5.01 Å². The molecule has 0 radical (unpaired) electrons. The smallest absolute Gasteiger partial charge is 0.329 e. The lowest BCUT2D eigenvalue weighted by Gasteiger charge is -2.21. The van der Waals surface area contributed by atoms with E-state index in [1.165, 1.54) is 0 Å². The van der Waals surface area contributed by atoms with Gasteiger partial charge in [0.25, 0.3) is 0 Å². The first-order valence-corrected chi connectivity index (χ1v) is 7.15. The van der Waals surface area contributed by atoms with Crippen LogP contribution in [0.3, 0.4) is 0 Å². The predicted molar refractivity (Wildman–Crippen MR) is 79.8 cm³/mol. The van der Waals surface area contributed by atoms with Crippen LogP contribution in [-0.2, 0) is 4.79 Å². The van der Waals surface area contributed by atoms with E-state index in [4.69, 9.17) is 28.3 Å². The van der Waals surface area contributed by atoms with Gasteiger partial charge in [0, 0.05) is 6.54 Å². The lowest BCUT2D eigenvalue weighted by molar-refractivity contribution is -0.142. The Morgan fingerprint density at radius 2 is 1.36 bits per heavy atom. The molecule has 0 aromatic rings. The van der Waals surface area contributed by atoms with Crippen molar-refractivity contribution in [2.45, 2.75) is 51.0 Å². The summed E-state index contributed by atoms with van der Waals surface area (Å²) in [5.74, 6) is 9.49. The van der Waals surface area contributed by atoms with Crippen molar-refractivity contribution in [3.05, 3.63) is 0 Å². The number of unbranched alkanes of at least 4 members (excludes halogenated alkanes) is 5. The molecule has 128 valence electrons. The number of rotatable bonds is 11. The standard InChI is InChI=1S/C12H26N6O4/c13-11(21)17(15)8-6-4-2-1-3-5-7-9(10(19)20)18(16)12(14)22/h9H,1-8,15-16H2,(H2,13,21)(H2,14,22)(H,19,20). The third-order valence-corrected chi connectivity index (χ3v) is 3.28. The van der Waals surface area contributed by atoms with Crippen LogP contribution in [0.4, 0.5) is 9.59 Å². The highest BCUT2D eigenvalue weighted by Crippen LogP contribution is 2.11. The molecule has 0 bridgehead atoms. The second-order valence-corrected chi connectivity index (χ2v) is 5.04. The zero-order valence-corrected chi connectivity index (χ0v) is 12.6. The molecule has 0 heterocycles. The highest BCUT2D eigenvalue weighted by Gasteiger charge is 2.25. The van der Waals surface area contributed by atoms with E-state index in [0.29, 0.717) is 18.0 Å². The SMILES string of the molecule is NC(=O)N(N)CCCCCCCCC(C(=O)O)N(N)C(N)=O. The van der Waals surface area contributed by atoms with Crippen molar-refractivity contribution in [3.8, 4) is 0 Å². The van der Waals surface area contributed by atoms with Crippen LogP contribution in [0.5, 0.6) is 0 Å². The molecule has 0 spiro atoms. The van der Waals surface area contributed by atoms with Gasteiger partial charge in [0.2, 0.25) is 0 Å². The lowest BCUT2D eigenvalue weighted by atomic mass is 10.1.